The second-order valence-electron chi connectivity index (χ2n) is 9.96. The van der Waals surface area contributed by atoms with Crippen LogP contribution in [-0.2, 0) is 15.6 Å². The first-order valence-electron chi connectivity index (χ1n) is 12.2. The number of nitrogens with zero attached hydrogens (tertiary/aromatic N) is 3. The first-order chi connectivity index (χ1) is 15.9. The highest BCUT2D eigenvalue weighted by molar-refractivity contribution is 7.93. The van der Waals surface area contributed by atoms with Crippen molar-refractivity contribution in [2.75, 3.05) is 47.7 Å². The van der Waals surface area contributed by atoms with Gasteiger partial charge in [0.25, 0.3) is 0 Å². The molecule has 178 valence electrons. The molecule has 2 aromatic rings. The second kappa shape index (κ2) is 8.91. The normalized spacial score (nSPS) is 28.2. The highest BCUT2D eigenvalue weighted by atomic mass is 32.2. The summed E-state index contributed by atoms with van der Waals surface area (Å²) in [6.07, 6.45) is 5.26. The Morgan fingerprint density at radius 1 is 0.909 bits per heavy atom. The fourth-order valence-corrected chi connectivity index (χ4v) is 7.51. The minimum absolute atomic E-state index is 0.0547. The fraction of sp³-hybridized carbons (Fsp3) is 0.538. The molecule has 0 bridgehead atoms. The monoisotopic (exact) mass is 471 g/mol. The number of rotatable bonds is 4. The Morgan fingerprint density at radius 2 is 1.61 bits per heavy atom. The molecule has 0 unspecified atom stereocenters. The van der Waals surface area contributed by atoms with E-state index in [1.165, 1.54) is 30.5 Å². The Hall–Kier alpha value is -2.12. The summed E-state index contributed by atoms with van der Waals surface area (Å²) in [5, 5.41) is 0. The van der Waals surface area contributed by atoms with Crippen LogP contribution in [0.1, 0.15) is 44.6 Å². The molecule has 7 heteroatoms. The van der Waals surface area contributed by atoms with Gasteiger partial charge >= 0.3 is 0 Å². The molecule has 2 aromatic carbocycles. The maximum atomic E-state index is 13.4. The Kier molecular flexibility index (Phi) is 6.12. The minimum atomic E-state index is -3.20. The summed E-state index contributed by atoms with van der Waals surface area (Å²) in [5.74, 6) is 0.763. The van der Waals surface area contributed by atoms with E-state index in [1.807, 2.05) is 24.3 Å². The molecule has 0 atom stereocenters. The zero-order valence-corrected chi connectivity index (χ0v) is 20.2. The van der Waals surface area contributed by atoms with Gasteiger partial charge in [-0.25, -0.2) is 12.8 Å². The molecule has 0 radical (unpaired) electrons. The van der Waals surface area contributed by atoms with Crippen LogP contribution < -0.4 is 9.21 Å². The zero-order chi connectivity index (χ0) is 23.1. The summed E-state index contributed by atoms with van der Waals surface area (Å²) in [6.45, 7) is 6.61. The summed E-state index contributed by atoms with van der Waals surface area (Å²) in [6, 6.07) is 15.1. The van der Waals surface area contributed by atoms with E-state index in [9.17, 15) is 12.8 Å². The number of piperazine rings is 1. The van der Waals surface area contributed by atoms with Gasteiger partial charge < -0.3 is 4.90 Å². The molecule has 5 rings (SSSR count). The molecule has 1 aliphatic carbocycles. The van der Waals surface area contributed by atoms with Gasteiger partial charge in [0.1, 0.15) is 5.82 Å². The van der Waals surface area contributed by atoms with Gasteiger partial charge in [0.2, 0.25) is 10.0 Å². The molecule has 2 aliphatic heterocycles. The van der Waals surface area contributed by atoms with Crippen LogP contribution in [0.2, 0.25) is 0 Å². The summed E-state index contributed by atoms with van der Waals surface area (Å²) in [4.78, 5) is 4.97. The van der Waals surface area contributed by atoms with Gasteiger partial charge in [-0.1, -0.05) is 19.1 Å². The number of halogens is 1. The molecule has 0 N–H and O–H groups in total. The van der Waals surface area contributed by atoms with Crippen LogP contribution in [0.5, 0.6) is 0 Å². The summed E-state index contributed by atoms with van der Waals surface area (Å²) >= 11 is 0. The van der Waals surface area contributed by atoms with Crippen molar-refractivity contribution in [2.45, 2.75) is 44.6 Å². The van der Waals surface area contributed by atoms with Gasteiger partial charge in [-0.2, -0.15) is 0 Å². The van der Waals surface area contributed by atoms with E-state index in [2.05, 4.69) is 28.9 Å². The van der Waals surface area contributed by atoms with Crippen molar-refractivity contribution in [3.05, 3.63) is 59.9 Å². The average molecular weight is 472 g/mol. The molecule has 5 nitrogen and oxygen atoms in total. The van der Waals surface area contributed by atoms with Crippen molar-refractivity contribution in [1.82, 2.24) is 4.90 Å². The molecule has 33 heavy (non-hydrogen) atoms. The summed E-state index contributed by atoms with van der Waals surface area (Å²) < 4.78 is 40.1. The molecule has 2 saturated heterocycles. The van der Waals surface area contributed by atoms with E-state index in [0.29, 0.717) is 13.0 Å². The van der Waals surface area contributed by atoms with Crippen LogP contribution in [-0.4, -0.2) is 51.8 Å². The Bertz CT molecular complexity index is 1070. The lowest BCUT2D eigenvalue weighted by Crippen LogP contribution is -2.56. The van der Waals surface area contributed by atoms with Crippen LogP contribution in [0.25, 0.3) is 0 Å². The Labute approximate surface area is 197 Å². The Balaban J connectivity index is 1.41. The van der Waals surface area contributed by atoms with Crippen molar-refractivity contribution >= 4 is 21.4 Å². The maximum absolute atomic E-state index is 13.4. The smallest absolute Gasteiger partial charge is 0.235 e. The van der Waals surface area contributed by atoms with E-state index in [1.54, 1.807) is 4.31 Å². The highest BCUT2D eigenvalue weighted by Crippen LogP contribution is 2.45. The first-order valence-corrected chi connectivity index (χ1v) is 13.8. The minimum Gasteiger partial charge on any atom is -0.369 e. The first kappa shape index (κ1) is 22.7. The van der Waals surface area contributed by atoms with E-state index in [-0.39, 0.29) is 17.1 Å². The number of anilines is 2. The van der Waals surface area contributed by atoms with Crippen molar-refractivity contribution in [3.63, 3.8) is 0 Å². The predicted molar refractivity (Wildman–Crippen MR) is 132 cm³/mol. The Morgan fingerprint density at radius 3 is 2.24 bits per heavy atom. The number of benzene rings is 2. The van der Waals surface area contributed by atoms with Gasteiger partial charge in [0.15, 0.2) is 0 Å². The summed E-state index contributed by atoms with van der Waals surface area (Å²) in [7, 11) is -3.20. The molecule has 2 heterocycles. The number of hydrogen-bond donors (Lipinski definition) is 0. The molecule has 1 saturated carbocycles. The number of hydrogen-bond acceptors (Lipinski definition) is 4. The van der Waals surface area contributed by atoms with E-state index >= 15 is 0 Å². The largest absolute Gasteiger partial charge is 0.369 e. The lowest BCUT2D eigenvalue weighted by atomic mass is 9.71. The molecule has 0 aromatic heterocycles. The predicted octanol–water partition coefficient (Wildman–Crippen LogP) is 4.59. The SMILES string of the molecule is CC1CCC(c2cccc(N3CCCS3(=O)=O)c2)(N2CCN(c3ccc(F)cc3)CC2)CC1. The molecule has 3 fully saturated rings. The van der Waals surface area contributed by atoms with Crippen LogP contribution in [0.3, 0.4) is 0 Å². The third-order valence-corrected chi connectivity index (χ3v) is 9.82. The van der Waals surface area contributed by atoms with Crippen LogP contribution in [0.15, 0.2) is 48.5 Å². The molecular weight excluding hydrogens is 437 g/mol. The zero-order valence-electron chi connectivity index (χ0n) is 19.4. The highest BCUT2D eigenvalue weighted by Gasteiger charge is 2.42. The van der Waals surface area contributed by atoms with Crippen molar-refractivity contribution in [1.29, 1.82) is 0 Å². The van der Waals surface area contributed by atoms with Gasteiger partial charge in [-0.3, -0.25) is 9.21 Å². The second-order valence-corrected chi connectivity index (χ2v) is 12.0. The third kappa shape index (κ3) is 4.37. The van der Waals surface area contributed by atoms with E-state index in [0.717, 1.165) is 56.3 Å². The lowest BCUT2D eigenvalue weighted by molar-refractivity contribution is 0.0299. The average Bonchev–Trinajstić information content (AvgIpc) is 3.19. The third-order valence-electron chi connectivity index (χ3n) is 7.95. The molecule has 0 spiro atoms. The molecule has 0 amide bonds. The van der Waals surface area contributed by atoms with Gasteiger partial charge in [-0.15, -0.1) is 0 Å². The molecular formula is C26H34FN3O2S. The van der Waals surface area contributed by atoms with Crippen molar-refractivity contribution in [3.8, 4) is 0 Å². The maximum Gasteiger partial charge on any atom is 0.235 e. The van der Waals surface area contributed by atoms with Crippen molar-refractivity contribution < 1.29 is 12.8 Å². The van der Waals surface area contributed by atoms with Gasteiger partial charge in [-0.05, 0) is 80.0 Å². The van der Waals surface area contributed by atoms with Gasteiger partial charge in [0, 0.05) is 44.0 Å². The van der Waals surface area contributed by atoms with Crippen LogP contribution in [0, 0.1) is 11.7 Å². The summed E-state index contributed by atoms with van der Waals surface area (Å²) in [5.41, 5.74) is 3.08. The molecule has 3 aliphatic rings. The topological polar surface area (TPSA) is 43.9 Å². The van der Waals surface area contributed by atoms with Gasteiger partial charge in [0.05, 0.1) is 11.4 Å². The van der Waals surface area contributed by atoms with Crippen LogP contribution in [0.4, 0.5) is 15.8 Å². The standard InChI is InChI=1S/C26H34FN3O2S/c1-21-10-12-26(13-11-21,22-4-2-5-25(20-22)30-14-3-19-33(30,31)32)29-17-15-28(16-18-29)24-8-6-23(27)7-9-24/h2,4-9,20-21H,3,10-19H2,1H3. The lowest BCUT2D eigenvalue weighted by Gasteiger charge is -2.51. The fourth-order valence-electron chi connectivity index (χ4n) is 5.95. The van der Waals surface area contributed by atoms with E-state index in [4.69, 9.17) is 0 Å². The number of sulfonamides is 1. The quantitative estimate of drug-likeness (QED) is 0.654. The van der Waals surface area contributed by atoms with E-state index < -0.39 is 10.0 Å². The van der Waals surface area contributed by atoms with Crippen LogP contribution >= 0.6 is 0 Å². The van der Waals surface area contributed by atoms with Crippen molar-refractivity contribution in [2.24, 2.45) is 5.92 Å².